The normalized spacial score (nSPS) is 12.3. The first kappa shape index (κ1) is 15.9. The van der Waals surface area contributed by atoms with Gasteiger partial charge in [-0.1, -0.05) is 18.2 Å². The molecule has 0 aliphatic heterocycles. The summed E-state index contributed by atoms with van der Waals surface area (Å²) >= 11 is 0. The van der Waals surface area contributed by atoms with E-state index in [1.807, 2.05) is 18.2 Å². The standard InChI is InChI=1S/C14H17N5O2S/c15-14(19-16)13-10(4-3-6-12(13)22(17,20)21)7-8-11-5-1-2-9-18-11/h1-6,9H,7-8,16H2,(H2,15,19)(H2,17,20,21). The number of nitrogens with zero attached hydrogens (tertiary/aromatic N) is 2. The van der Waals surface area contributed by atoms with E-state index in [1.54, 1.807) is 18.3 Å². The summed E-state index contributed by atoms with van der Waals surface area (Å²) in [6, 6.07) is 10.4. The number of hydrazone groups is 1. The molecule has 0 spiro atoms. The van der Waals surface area contributed by atoms with Crippen molar-refractivity contribution >= 4 is 15.9 Å². The van der Waals surface area contributed by atoms with Crippen LogP contribution in [0.4, 0.5) is 0 Å². The fraction of sp³-hybridized carbons (Fsp3) is 0.143. The second kappa shape index (κ2) is 6.54. The predicted molar refractivity (Wildman–Crippen MR) is 84.4 cm³/mol. The number of rotatable bonds is 5. The summed E-state index contributed by atoms with van der Waals surface area (Å²) < 4.78 is 23.4. The lowest BCUT2D eigenvalue weighted by Gasteiger charge is -2.12. The lowest BCUT2D eigenvalue weighted by atomic mass is 10.0. The van der Waals surface area contributed by atoms with Crippen LogP contribution in [0, 0.1) is 0 Å². The molecule has 0 amide bonds. The first-order valence-corrected chi connectivity index (χ1v) is 8.06. The van der Waals surface area contributed by atoms with Crippen LogP contribution >= 0.6 is 0 Å². The van der Waals surface area contributed by atoms with Gasteiger partial charge < -0.3 is 11.6 Å². The van der Waals surface area contributed by atoms with Crippen molar-refractivity contribution < 1.29 is 8.42 Å². The van der Waals surface area contributed by atoms with Crippen LogP contribution in [0.15, 0.2) is 52.6 Å². The quantitative estimate of drug-likeness (QED) is 0.310. The van der Waals surface area contributed by atoms with Crippen LogP contribution in [0.5, 0.6) is 0 Å². The third-order valence-corrected chi connectivity index (χ3v) is 4.14. The molecule has 1 aromatic heterocycles. The first-order valence-electron chi connectivity index (χ1n) is 6.52. The highest BCUT2D eigenvalue weighted by Crippen LogP contribution is 2.20. The maximum Gasteiger partial charge on any atom is 0.238 e. The van der Waals surface area contributed by atoms with Gasteiger partial charge in [-0.15, -0.1) is 0 Å². The van der Waals surface area contributed by atoms with Gasteiger partial charge in [-0.05, 0) is 36.6 Å². The molecule has 22 heavy (non-hydrogen) atoms. The van der Waals surface area contributed by atoms with Crippen LogP contribution in [0.1, 0.15) is 16.8 Å². The number of hydrogen-bond acceptors (Lipinski definition) is 5. The zero-order chi connectivity index (χ0) is 16.2. The van der Waals surface area contributed by atoms with Crippen molar-refractivity contribution in [2.24, 2.45) is 21.8 Å². The van der Waals surface area contributed by atoms with Crippen molar-refractivity contribution in [1.29, 1.82) is 0 Å². The summed E-state index contributed by atoms with van der Waals surface area (Å²) in [6.45, 7) is 0. The molecule has 0 radical (unpaired) electrons. The average molecular weight is 319 g/mol. The van der Waals surface area contributed by atoms with Crippen molar-refractivity contribution in [2.75, 3.05) is 0 Å². The molecular weight excluding hydrogens is 302 g/mol. The summed E-state index contributed by atoms with van der Waals surface area (Å²) in [5.41, 5.74) is 7.59. The molecular formula is C14H17N5O2S. The Morgan fingerprint density at radius 2 is 1.91 bits per heavy atom. The summed E-state index contributed by atoms with van der Waals surface area (Å²) in [6.07, 6.45) is 2.86. The van der Waals surface area contributed by atoms with E-state index in [9.17, 15) is 8.42 Å². The highest BCUT2D eigenvalue weighted by molar-refractivity contribution is 7.89. The van der Waals surface area contributed by atoms with Crippen LogP contribution in [-0.4, -0.2) is 19.2 Å². The largest absolute Gasteiger partial charge is 0.382 e. The zero-order valence-electron chi connectivity index (χ0n) is 11.8. The zero-order valence-corrected chi connectivity index (χ0v) is 12.6. The minimum atomic E-state index is -3.93. The van der Waals surface area contributed by atoms with Crippen LogP contribution in [-0.2, 0) is 22.9 Å². The Morgan fingerprint density at radius 3 is 2.50 bits per heavy atom. The number of aryl methyl sites for hydroxylation is 2. The number of amidine groups is 1. The molecule has 2 rings (SSSR count). The predicted octanol–water partition coefficient (Wildman–Crippen LogP) is 0.0932. The monoisotopic (exact) mass is 319 g/mol. The molecule has 0 bridgehead atoms. The second-order valence-electron chi connectivity index (χ2n) is 4.67. The Hall–Kier alpha value is -2.45. The molecule has 8 heteroatoms. The number of nitrogens with two attached hydrogens (primary N) is 3. The molecule has 0 unspecified atom stereocenters. The molecule has 6 N–H and O–H groups in total. The summed E-state index contributed by atoms with van der Waals surface area (Å²) in [5.74, 6) is 5.14. The lowest BCUT2D eigenvalue weighted by Crippen LogP contribution is -2.24. The molecule has 7 nitrogen and oxygen atoms in total. The van der Waals surface area contributed by atoms with E-state index in [4.69, 9.17) is 16.7 Å². The topological polar surface area (TPSA) is 137 Å². The summed E-state index contributed by atoms with van der Waals surface area (Å²) in [7, 11) is -3.93. The van der Waals surface area contributed by atoms with Gasteiger partial charge in [-0.2, -0.15) is 5.10 Å². The van der Waals surface area contributed by atoms with Gasteiger partial charge in [-0.3, -0.25) is 4.98 Å². The highest BCUT2D eigenvalue weighted by Gasteiger charge is 2.19. The van der Waals surface area contributed by atoms with Crippen molar-refractivity contribution in [3.05, 3.63) is 59.4 Å². The van der Waals surface area contributed by atoms with Gasteiger partial charge >= 0.3 is 0 Å². The first-order chi connectivity index (χ1) is 10.4. The van der Waals surface area contributed by atoms with Gasteiger partial charge in [0.15, 0.2) is 5.84 Å². The molecule has 116 valence electrons. The van der Waals surface area contributed by atoms with Crippen LogP contribution in [0.2, 0.25) is 0 Å². The number of aromatic nitrogens is 1. The molecule has 0 aliphatic rings. The minimum absolute atomic E-state index is 0.0688. The van der Waals surface area contributed by atoms with E-state index in [1.165, 1.54) is 6.07 Å². The number of sulfonamides is 1. The molecule has 1 heterocycles. The fourth-order valence-electron chi connectivity index (χ4n) is 2.19. The van der Waals surface area contributed by atoms with Gasteiger partial charge in [0.1, 0.15) is 0 Å². The number of hydrogen-bond donors (Lipinski definition) is 3. The van der Waals surface area contributed by atoms with E-state index in [0.29, 0.717) is 18.4 Å². The van der Waals surface area contributed by atoms with Gasteiger partial charge in [0.25, 0.3) is 0 Å². The second-order valence-corrected chi connectivity index (χ2v) is 6.20. The average Bonchev–Trinajstić information content (AvgIpc) is 2.52. The Kier molecular flexibility index (Phi) is 4.74. The molecule has 0 saturated heterocycles. The minimum Gasteiger partial charge on any atom is -0.382 e. The number of benzene rings is 1. The molecule has 1 aromatic carbocycles. The van der Waals surface area contributed by atoms with Gasteiger partial charge in [-0.25, -0.2) is 13.6 Å². The molecule has 0 saturated carbocycles. The highest BCUT2D eigenvalue weighted by atomic mass is 32.2. The van der Waals surface area contributed by atoms with Crippen LogP contribution in [0.25, 0.3) is 0 Å². The van der Waals surface area contributed by atoms with Crippen molar-refractivity contribution in [3.8, 4) is 0 Å². The summed E-state index contributed by atoms with van der Waals surface area (Å²) in [4.78, 5) is 4.15. The van der Waals surface area contributed by atoms with E-state index in [0.717, 1.165) is 5.69 Å². The fourth-order valence-corrected chi connectivity index (χ4v) is 2.97. The number of primary sulfonamides is 1. The van der Waals surface area contributed by atoms with Crippen molar-refractivity contribution in [3.63, 3.8) is 0 Å². The molecule has 0 aliphatic carbocycles. The van der Waals surface area contributed by atoms with Gasteiger partial charge in [0, 0.05) is 17.5 Å². The molecule has 0 fully saturated rings. The number of pyridine rings is 1. The Morgan fingerprint density at radius 1 is 1.14 bits per heavy atom. The van der Waals surface area contributed by atoms with Crippen LogP contribution < -0.4 is 16.7 Å². The van der Waals surface area contributed by atoms with E-state index < -0.39 is 10.0 Å². The lowest BCUT2D eigenvalue weighted by molar-refractivity contribution is 0.597. The third kappa shape index (κ3) is 3.60. The van der Waals surface area contributed by atoms with E-state index in [-0.39, 0.29) is 16.3 Å². The SMILES string of the molecule is N/N=C(\N)c1c(CCc2ccccn2)cccc1S(N)(=O)=O. The maximum atomic E-state index is 11.7. The van der Waals surface area contributed by atoms with E-state index in [2.05, 4.69) is 10.1 Å². The van der Waals surface area contributed by atoms with Gasteiger partial charge in [0.2, 0.25) is 10.0 Å². The third-order valence-electron chi connectivity index (χ3n) is 3.19. The molecule has 2 aromatic rings. The van der Waals surface area contributed by atoms with Crippen molar-refractivity contribution in [1.82, 2.24) is 4.98 Å². The van der Waals surface area contributed by atoms with Gasteiger partial charge in [0.05, 0.1) is 4.90 Å². The smallest absolute Gasteiger partial charge is 0.238 e. The van der Waals surface area contributed by atoms with Crippen LogP contribution in [0.3, 0.4) is 0 Å². The Labute approximate surface area is 128 Å². The maximum absolute atomic E-state index is 11.7. The Balaban J connectivity index is 2.43. The van der Waals surface area contributed by atoms with E-state index >= 15 is 0 Å². The summed E-state index contributed by atoms with van der Waals surface area (Å²) in [5, 5.41) is 8.64. The Bertz CT molecular complexity index is 788. The molecule has 0 atom stereocenters. The van der Waals surface area contributed by atoms with Crippen molar-refractivity contribution in [2.45, 2.75) is 17.7 Å².